The van der Waals surface area contributed by atoms with Crippen LogP contribution in [0, 0.1) is 5.92 Å². The van der Waals surface area contributed by atoms with E-state index in [0.717, 1.165) is 17.9 Å². The number of hydrogen-bond donors (Lipinski definition) is 1. The van der Waals surface area contributed by atoms with Crippen molar-refractivity contribution in [1.29, 1.82) is 0 Å². The zero-order valence-corrected chi connectivity index (χ0v) is 12.3. The average molecular weight is 274 g/mol. The van der Waals surface area contributed by atoms with E-state index in [-0.39, 0.29) is 6.42 Å². The van der Waals surface area contributed by atoms with Crippen LogP contribution in [0.25, 0.3) is 0 Å². The monoisotopic (exact) mass is 274 g/mol. The first-order valence-corrected chi connectivity index (χ1v) is 8.04. The molecule has 0 spiro atoms. The van der Waals surface area contributed by atoms with Crippen LogP contribution in [-0.2, 0) is 17.6 Å². The molecule has 1 aliphatic rings. The molecule has 1 fully saturated rings. The average Bonchev–Trinajstić information content (AvgIpc) is 2.38. The van der Waals surface area contributed by atoms with Gasteiger partial charge in [0.1, 0.15) is 0 Å². The van der Waals surface area contributed by atoms with Crippen LogP contribution < -0.4 is 0 Å². The predicted octanol–water partition coefficient (Wildman–Crippen LogP) is 4.61. The highest BCUT2D eigenvalue weighted by Crippen LogP contribution is 2.26. The number of aryl methyl sites for hydroxylation is 1. The second kappa shape index (κ2) is 8.08. The van der Waals surface area contributed by atoms with Crippen LogP contribution in [0.4, 0.5) is 0 Å². The van der Waals surface area contributed by atoms with Crippen LogP contribution in [0.15, 0.2) is 24.3 Å². The van der Waals surface area contributed by atoms with E-state index >= 15 is 0 Å². The van der Waals surface area contributed by atoms with Gasteiger partial charge in [-0.2, -0.15) is 0 Å². The second-order valence-electron chi connectivity index (χ2n) is 6.09. The molecule has 1 aliphatic carbocycles. The molecule has 2 rings (SSSR count). The number of carbonyl (C=O) groups is 1. The Kier molecular flexibility index (Phi) is 6.10. The van der Waals surface area contributed by atoms with Crippen LogP contribution in [-0.4, -0.2) is 11.1 Å². The third-order valence-corrected chi connectivity index (χ3v) is 4.51. The summed E-state index contributed by atoms with van der Waals surface area (Å²) in [4.78, 5) is 10.9. The van der Waals surface area contributed by atoms with E-state index in [1.54, 1.807) is 0 Å². The number of benzene rings is 1. The Labute approximate surface area is 122 Å². The van der Waals surface area contributed by atoms with Crippen molar-refractivity contribution >= 4 is 5.97 Å². The van der Waals surface area contributed by atoms with Gasteiger partial charge in [0, 0.05) is 0 Å². The maximum atomic E-state index is 10.9. The van der Waals surface area contributed by atoms with Crippen molar-refractivity contribution in [3.63, 3.8) is 0 Å². The first-order valence-electron chi connectivity index (χ1n) is 8.04. The lowest BCUT2D eigenvalue weighted by Gasteiger charge is -2.20. The maximum Gasteiger partial charge on any atom is 0.307 e. The minimum absolute atomic E-state index is 0.154. The predicted molar refractivity (Wildman–Crippen MR) is 81.9 cm³/mol. The topological polar surface area (TPSA) is 37.3 Å². The van der Waals surface area contributed by atoms with Crippen molar-refractivity contribution in [3.8, 4) is 0 Å². The highest BCUT2D eigenvalue weighted by molar-refractivity contribution is 5.70. The molecule has 20 heavy (non-hydrogen) atoms. The summed E-state index contributed by atoms with van der Waals surface area (Å²) >= 11 is 0. The minimum atomic E-state index is -0.733. The molecule has 0 atom stereocenters. The Bertz CT molecular complexity index is 417. The zero-order valence-electron chi connectivity index (χ0n) is 12.3. The highest BCUT2D eigenvalue weighted by Gasteiger charge is 2.13. The Morgan fingerprint density at radius 2 is 1.60 bits per heavy atom. The Balaban J connectivity index is 1.90. The highest BCUT2D eigenvalue weighted by atomic mass is 16.4. The van der Waals surface area contributed by atoms with Gasteiger partial charge in [0.05, 0.1) is 6.42 Å². The molecule has 1 saturated carbocycles. The van der Waals surface area contributed by atoms with Crippen molar-refractivity contribution < 1.29 is 9.90 Å². The van der Waals surface area contributed by atoms with Gasteiger partial charge < -0.3 is 5.11 Å². The molecule has 0 unspecified atom stereocenters. The fourth-order valence-electron chi connectivity index (χ4n) is 3.33. The SMILES string of the molecule is O=C(O)Cc1ccccc1CCC1CCCCCCC1. The van der Waals surface area contributed by atoms with E-state index in [0.29, 0.717) is 0 Å². The van der Waals surface area contributed by atoms with Crippen LogP contribution in [0.2, 0.25) is 0 Å². The normalized spacial score (nSPS) is 17.4. The van der Waals surface area contributed by atoms with Gasteiger partial charge in [-0.25, -0.2) is 0 Å². The van der Waals surface area contributed by atoms with E-state index in [2.05, 4.69) is 6.07 Å². The molecule has 0 saturated heterocycles. The van der Waals surface area contributed by atoms with Crippen molar-refractivity contribution in [2.24, 2.45) is 5.92 Å². The van der Waals surface area contributed by atoms with E-state index in [1.807, 2.05) is 18.2 Å². The minimum Gasteiger partial charge on any atom is -0.481 e. The van der Waals surface area contributed by atoms with Gasteiger partial charge in [-0.15, -0.1) is 0 Å². The molecule has 0 radical (unpaired) electrons. The molecule has 0 aliphatic heterocycles. The van der Waals surface area contributed by atoms with E-state index in [9.17, 15) is 4.79 Å². The smallest absolute Gasteiger partial charge is 0.307 e. The standard InChI is InChI=1S/C18H26O2/c19-18(20)14-17-11-7-6-10-16(17)13-12-15-8-4-2-1-3-5-9-15/h6-7,10-11,15H,1-5,8-9,12-14H2,(H,19,20). The molecule has 1 N–H and O–H groups in total. The Morgan fingerprint density at radius 3 is 2.25 bits per heavy atom. The van der Waals surface area contributed by atoms with Crippen LogP contribution in [0.5, 0.6) is 0 Å². The lowest BCUT2D eigenvalue weighted by atomic mass is 9.86. The molecule has 1 aromatic rings. The summed E-state index contributed by atoms with van der Waals surface area (Å²) in [7, 11) is 0. The van der Waals surface area contributed by atoms with Gasteiger partial charge in [-0.05, 0) is 29.9 Å². The van der Waals surface area contributed by atoms with Crippen molar-refractivity contribution in [3.05, 3.63) is 35.4 Å². The molecule has 0 aromatic heterocycles. The van der Waals surface area contributed by atoms with Gasteiger partial charge in [0.25, 0.3) is 0 Å². The molecule has 1 aromatic carbocycles. The number of rotatable bonds is 5. The first-order chi connectivity index (χ1) is 9.75. The van der Waals surface area contributed by atoms with Crippen LogP contribution >= 0.6 is 0 Å². The molecule has 2 heteroatoms. The van der Waals surface area contributed by atoms with Gasteiger partial charge in [0.2, 0.25) is 0 Å². The summed E-state index contributed by atoms with van der Waals surface area (Å²) in [6.07, 6.45) is 12.1. The quantitative estimate of drug-likeness (QED) is 0.851. The third kappa shape index (κ3) is 4.99. The number of aliphatic carboxylic acids is 1. The maximum absolute atomic E-state index is 10.9. The molecule has 0 heterocycles. The summed E-state index contributed by atoms with van der Waals surface area (Å²) in [5.41, 5.74) is 2.22. The van der Waals surface area contributed by atoms with E-state index in [1.165, 1.54) is 56.9 Å². The number of carboxylic acids is 1. The lowest BCUT2D eigenvalue weighted by molar-refractivity contribution is -0.136. The van der Waals surface area contributed by atoms with Gasteiger partial charge in [-0.3, -0.25) is 4.79 Å². The lowest BCUT2D eigenvalue weighted by Crippen LogP contribution is -2.08. The third-order valence-electron chi connectivity index (χ3n) is 4.51. The fraction of sp³-hybridized carbons (Fsp3) is 0.611. The largest absolute Gasteiger partial charge is 0.481 e. The van der Waals surface area contributed by atoms with Crippen molar-refractivity contribution in [2.75, 3.05) is 0 Å². The van der Waals surface area contributed by atoms with E-state index in [4.69, 9.17) is 5.11 Å². The molecule has 0 amide bonds. The first kappa shape index (κ1) is 15.1. The molecule has 2 nitrogen and oxygen atoms in total. The molecule has 0 bridgehead atoms. The summed E-state index contributed by atoms with van der Waals surface area (Å²) in [5, 5.41) is 8.98. The summed E-state index contributed by atoms with van der Waals surface area (Å²) in [6, 6.07) is 8.03. The van der Waals surface area contributed by atoms with Crippen LogP contribution in [0.3, 0.4) is 0 Å². The second-order valence-corrected chi connectivity index (χ2v) is 6.09. The Hall–Kier alpha value is -1.31. The molecular weight excluding hydrogens is 248 g/mol. The number of carboxylic acid groups (broad SMARTS) is 1. The molecule has 110 valence electrons. The van der Waals surface area contributed by atoms with Gasteiger partial charge in [0.15, 0.2) is 0 Å². The zero-order chi connectivity index (χ0) is 14.2. The Morgan fingerprint density at radius 1 is 1.00 bits per heavy atom. The summed E-state index contributed by atoms with van der Waals surface area (Å²) in [6.45, 7) is 0. The molecular formula is C18H26O2. The van der Waals surface area contributed by atoms with Crippen molar-refractivity contribution in [2.45, 2.75) is 64.2 Å². The fourth-order valence-corrected chi connectivity index (χ4v) is 3.33. The summed E-state index contributed by atoms with van der Waals surface area (Å²) in [5.74, 6) is 0.108. The summed E-state index contributed by atoms with van der Waals surface area (Å²) < 4.78 is 0. The number of hydrogen-bond acceptors (Lipinski definition) is 1. The van der Waals surface area contributed by atoms with Gasteiger partial charge in [-0.1, -0.05) is 69.2 Å². The van der Waals surface area contributed by atoms with Gasteiger partial charge >= 0.3 is 5.97 Å². The van der Waals surface area contributed by atoms with Crippen LogP contribution in [0.1, 0.15) is 62.5 Å². The van der Waals surface area contributed by atoms with E-state index < -0.39 is 5.97 Å². The van der Waals surface area contributed by atoms with Crippen molar-refractivity contribution in [1.82, 2.24) is 0 Å².